The van der Waals surface area contributed by atoms with Crippen LogP contribution in [0.1, 0.15) is 33.1 Å². The largest absolute Gasteiger partial charge is 0.368 e. The molecule has 0 aromatic carbocycles. The van der Waals surface area contributed by atoms with Crippen molar-refractivity contribution in [2.24, 2.45) is 5.92 Å². The average molecular weight is 260 g/mol. The number of piperidine rings is 1. The Bertz CT molecular complexity index is 578. The third-order valence-electron chi connectivity index (χ3n) is 3.99. The topological polar surface area (TPSA) is 83.7 Å². The Morgan fingerprint density at radius 2 is 2.26 bits per heavy atom. The summed E-state index contributed by atoms with van der Waals surface area (Å²) in [4.78, 5) is 11.0. The van der Waals surface area contributed by atoms with E-state index in [4.69, 9.17) is 5.73 Å². The van der Waals surface area contributed by atoms with E-state index in [9.17, 15) is 0 Å². The molecule has 1 saturated heterocycles. The van der Waals surface area contributed by atoms with Gasteiger partial charge in [-0.1, -0.05) is 13.8 Å². The first-order chi connectivity index (χ1) is 9.19. The fraction of sp³-hybridized carbons (Fsp3) is 0.615. The van der Waals surface area contributed by atoms with E-state index in [1.165, 1.54) is 12.8 Å². The second-order valence-electron chi connectivity index (χ2n) is 5.43. The zero-order chi connectivity index (χ0) is 13.4. The van der Waals surface area contributed by atoms with E-state index in [0.717, 1.165) is 29.8 Å². The van der Waals surface area contributed by atoms with E-state index in [1.54, 1.807) is 6.20 Å². The summed E-state index contributed by atoms with van der Waals surface area (Å²) in [6.07, 6.45) is 5.40. The molecule has 3 rings (SSSR count). The second-order valence-corrected chi connectivity index (χ2v) is 5.43. The molecule has 0 bridgehead atoms. The minimum absolute atomic E-state index is 0.305. The Morgan fingerprint density at radius 3 is 3.05 bits per heavy atom. The molecule has 1 unspecified atom stereocenters. The Morgan fingerprint density at radius 1 is 1.42 bits per heavy atom. The van der Waals surface area contributed by atoms with Crippen LogP contribution < -0.4 is 10.6 Å². The summed E-state index contributed by atoms with van der Waals surface area (Å²) < 4.78 is 0. The number of anilines is 2. The van der Waals surface area contributed by atoms with Crippen LogP contribution in [0.15, 0.2) is 6.20 Å². The normalized spacial score (nSPS) is 24.0. The number of aromatic amines is 1. The van der Waals surface area contributed by atoms with Crippen LogP contribution in [-0.4, -0.2) is 32.8 Å². The number of nitrogens with zero attached hydrogens (tertiary/aromatic N) is 4. The quantitative estimate of drug-likeness (QED) is 0.862. The van der Waals surface area contributed by atoms with Crippen molar-refractivity contribution in [1.82, 2.24) is 20.2 Å². The van der Waals surface area contributed by atoms with E-state index in [0.29, 0.717) is 17.9 Å². The lowest BCUT2D eigenvalue weighted by Crippen LogP contribution is -2.43. The number of nitrogen functional groups attached to an aromatic ring is 1. The third-order valence-corrected chi connectivity index (χ3v) is 3.99. The maximum absolute atomic E-state index is 5.82. The van der Waals surface area contributed by atoms with E-state index >= 15 is 0 Å². The van der Waals surface area contributed by atoms with Crippen molar-refractivity contribution in [3.05, 3.63) is 6.20 Å². The standard InChI is InChI=1S/C13H20N6/c1-3-9-5-4-8(2)7-19(9)12-10-6-15-18-11(10)16-13(14)17-12/h6,8-9H,3-5,7H2,1-2H3,(H3,14,15,16,17,18)/t8?,9-/m0/s1. The first-order valence-corrected chi connectivity index (χ1v) is 6.92. The van der Waals surface area contributed by atoms with Crippen LogP contribution in [0.25, 0.3) is 11.0 Å². The summed E-state index contributed by atoms with van der Waals surface area (Å²) in [5, 5.41) is 7.89. The van der Waals surface area contributed by atoms with Gasteiger partial charge in [-0.3, -0.25) is 5.10 Å². The summed E-state index contributed by atoms with van der Waals surface area (Å²) >= 11 is 0. The van der Waals surface area contributed by atoms with Crippen molar-refractivity contribution in [3.63, 3.8) is 0 Å². The summed E-state index contributed by atoms with van der Waals surface area (Å²) in [6.45, 7) is 5.54. The summed E-state index contributed by atoms with van der Waals surface area (Å²) in [5.74, 6) is 1.91. The van der Waals surface area contributed by atoms with Gasteiger partial charge in [0.2, 0.25) is 5.95 Å². The van der Waals surface area contributed by atoms with Gasteiger partial charge in [-0.15, -0.1) is 0 Å². The number of nitrogens with one attached hydrogen (secondary N) is 1. The smallest absolute Gasteiger partial charge is 0.224 e. The average Bonchev–Trinajstić information content (AvgIpc) is 2.85. The van der Waals surface area contributed by atoms with E-state index in [1.807, 2.05) is 0 Å². The van der Waals surface area contributed by atoms with Crippen molar-refractivity contribution < 1.29 is 0 Å². The molecule has 0 radical (unpaired) electrons. The van der Waals surface area contributed by atoms with Crippen LogP contribution in [0.4, 0.5) is 11.8 Å². The van der Waals surface area contributed by atoms with Gasteiger partial charge >= 0.3 is 0 Å². The van der Waals surface area contributed by atoms with Crippen LogP contribution in [0.2, 0.25) is 0 Å². The lowest BCUT2D eigenvalue weighted by atomic mass is 9.92. The highest BCUT2D eigenvalue weighted by Crippen LogP contribution is 2.32. The van der Waals surface area contributed by atoms with E-state index in [-0.39, 0.29) is 0 Å². The number of fused-ring (bicyclic) bond motifs is 1. The van der Waals surface area contributed by atoms with Crippen molar-refractivity contribution in [2.75, 3.05) is 17.2 Å². The second kappa shape index (κ2) is 4.68. The van der Waals surface area contributed by atoms with Gasteiger partial charge in [-0.2, -0.15) is 15.1 Å². The number of rotatable bonds is 2. The first kappa shape index (κ1) is 12.2. The van der Waals surface area contributed by atoms with Gasteiger partial charge in [-0.05, 0) is 25.2 Å². The third kappa shape index (κ3) is 2.11. The number of hydrogen-bond acceptors (Lipinski definition) is 5. The van der Waals surface area contributed by atoms with Crippen LogP contribution in [0.5, 0.6) is 0 Å². The predicted octanol–water partition coefficient (Wildman–Crippen LogP) is 1.95. The molecule has 0 aliphatic carbocycles. The molecule has 0 spiro atoms. The van der Waals surface area contributed by atoms with Crippen molar-refractivity contribution in [2.45, 2.75) is 39.2 Å². The van der Waals surface area contributed by atoms with Gasteiger partial charge in [0.15, 0.2) is 5.65 Å². The van der Waals surface area contributed by atoms with Gasteiger partial charge in [0.1, 0.15) is 5.82 Å². The minimum atomic E-state index is 0.305. The first-order valence-electron chi connectivity index (χ1n) is 6.92. The number of aromatic nitrogens is 4. The van der Waals surface area contributed by atoms with Crippen LogP contribution in [-0.2, 0) is 0 Å². The molecule has 1 fully saturated rings. The number of hydrogen-bond donors (Lipinski definition) is 2. The Balaban J connectivity index is 2.08. The van der Waals surface area contributed by atoms with Gasteiger partial charge in [0, 0.05) is 12.6 Å². The van der Waals surface area contributed by atoms with Gasteiger partial charge in [0.25, 0.3) is 0 Å². The molecule has 2 aromatic heterocycles. The molecule has 3 heterocycles. The van der Waals surface area contributed by atoms with Crippen LogP contribution >= 0.6 is 0 Å². The van der Waals surface area contributed by atoms with Crippen LogP contribution in [0, 0.1) is 5.92 Å². The molecule has 2 aromatic rings. The van der Waals surface area contributed by atoms with Gasteiger partial charge in [-0.25, -0.2) is 0 Å². The molecule has 102 valence electrons. The lowest BCUT2D eigenvalue weighted by molar-refractivity contribution is 0.368. The maximum atomic E-state index is 5.82. The van der Waals surface area contributed by atoms with Crippen molar-refractivity contribution >= 4 is 22.8 Å². The highest BCUT2D eigenvalue weighted by molar-refractivity contribution is 5.87. The molecule has 1 aliphatic heterocycles. The molecule has 0 amide bonds. The molecule has 3 N–H and O–H groups in total. The highest BCUT2D eigenvalue weighted by Gasteiger charge is 2.28. The van der Waals surface area contributed by atoms with Gasteiger partial charge in [0.05, 0.1) is 11.6 Å². The van der Waals surface area contributed by atoms with Crippen molar-refractivity contribution in [1.29, 1.82) is 0 Å². The fourth-order valence-corrected chi connectivity index (χ4v) is 2.95. The zero-order valence-corrected chi connectivity index (χ0v) is 11.4. The van der Waals surface area contributed by atoms with E-state index < -0.39 is 0 Å². The summed E-state index contributed by atoms with van der Waals surface area (Å²) in [7, 11) is 0. The Kier molecular flexibility index (Phi) is 3.00. The van der Waals surface area contributed by atoms with Gasteiger partial charge < -0.3 is 10.6 Å². The molecule has 6 heteroatoms. The summed E-state index contributed by atoms with van der Waals surface area (Å²) in [5.41, 5.74) is 6.53. The number of H-pyrrole nitrogens is 1. The SMILES string of the molecule is CC[C@H]1CCC(C)CN1c1nc(N)nc2[nH]ncc12. The Labute approximate surface area is 112 Å². The molecule has 6 nitrogen and oxygen atoms in total. The fourth-order valence-electron chi connectivity index (χ4n) is 2.95. The zero-order valence-electron chi connectivity index (χ0n) is 11.4. The molecule has 19 heavy (non-hydrogen) atoms. The molecular weight excluding hydrogens is 240 g/mol. The van der Waals surface area contributed by atoms with Crippen molar-refractivity contribution in [3.8, 4) is 0 Å². The maximum Gasteiger partial charge on any atom is 0.224 e. The lowest BCUT2D eigenvalue weighted by Gasteiger charge is -2.39. The highest BCUT2D eigenvalue weighted by atomic mass is 15.3. The molecule has 0 saturated carbocycles. The molecular formula is C13H20N6. The molecule has 2 atom stereocenters. The van der Waals surface area contributed by atoms with Crippen LogP contribution in [0.3, 0.4) is 0 Å². The predicted molar refractivity (Wildman–Crippen MR) is 75.9 cm³/mol. The van der Waals surface area contributed by atoms with E-state index in [2.05, 4.69) is 38.9 Å². The summed E-state index contributed by atoms with van der Waals surface area (Å²) in [6, 6.07) is 0.531. The number of nitrogens with two attached hydrogens (primary N) is 1. The monoisotopic (exact) mass is 260 g/mol. The Hall–Kier alpha value is -1.85. The minimum Gasteiger partial charge on any atom is -0.368 e. The molecule has 1 aliphatic rings.